The molecule has 0 saturated heterocycles. The van der Waals surface area contributed by atoms with Gasteiger partial charge in [-0.2, -0.15) is 5.26 Å². The normalized spacial score (nSPS) is 16.7. The van der Waals surface area contributed by atoms with Crippen molar-refractivity contribution >= 4 is 17.7 Å². The number of amides is 2. The Morgan fingerprint density at radius 1 is 1.13 bits per heavy atom. The molecule has 1 saturated carbocycles. The molecule has 0 spiro atoms. The molecule has 1 unspecified atom stereocenters. The van der Waals surface area contributed by atoms with E-state index in [0.29, 0.717) is 17.3 Å². The summed E-state index contributed by atoms with van der Waals surface area (Å²) < 4.78 is 11.7. The molecule has 3 aromatic rings. The Labute approximate surface area is 228 Å². The maximum atomic E-state index is 12.7. The number of anilines is 1. The number of rotatable bonds is 5. The third-order valence-electron chi connectivity index (χ3n) is 7.10. The molecule has 1 aromatic heterocycles. The minimum absolute atomic E-state index is 0.175. The van der Waals surface area contributed by atoms with Crippen molar-refractivity contribution in [2.75, 3.05) is 11.5 Å². The van der Waals surface area contributed by atoms with Crippen molar-refractivity contribution in [3.8, 4) is 34.3 Å². The first-order valence-electron chi connectivity index (χ1n) is 13.2. The third-order valence-corrected chi connectivity index (χ3v) is 7.10. The van der Waals surface area contributed by atoms with Gasteiger partial charge in [-0.1, -0.05) is 54.6 Å². The van der Waals surface area contributed by atoms with Crippen LogP contribution >= 0.6 is 0 Å². The van der Waals surface area contributed by atoms with Crippen molar-refractivity contribution < 1.29 is 19.1 Å². The SMILES string of the molecule is CC(C#N)N1C(=O)COc2nc(-c3ccc(C4(OC(=O)NC(C)(C)C)CCC4)cc3)c(-c3ccccc3)cc21. The number of hydrogen-bond acceptors (Lipinski definition) is 6. The molecule has 1 aliphatic carbocycles. The topological polar surface area (TPSA) is 105 Å². The summed E-state index contributed by atoms with van der Waals surface area (Å²) in [5, 5.41) is 12.4. The summed E-state index contributed by atoms with van der Waals surface area (Å²) in [6.45, 7) is 7.28. The first-order chi connectivity index (χ1) is 18.6. The molecule has 8 heteroatoms. The predicted molar refractivity (Wildman–Crippen MR) is 148 cm³/mol. The van der Waals surface area contributed by atoms with Gasteiger partial charge in [0.15, 0.2) is 6.61 Å². The highest BCUT2D eigenvalue weighted by atomic mass is 16.6. The van der Waals surface area contributed by atoms with Crippen LogP contribution in [0.25, 0.3) is 22.4 Å². The van der Waals surface area contributed by atoms with Gasteiger partial charge in [0.1, 0.15) is 17.3 Å². The van der Waals surface area contributed by atoms with Gasteiger partial charge >= 0.3 is 6.09 Å². The van der Waals surface area contributed by atoms with Crippen LogP contribution in [0.5, 0.6) is 5.88 Å². The number of nitrogens with zero attached hydrogens (tertiary/aromatic N) is 3. The predicted octanol–water partition coefficient (Wildman–Crippen LogP) is 5.96. The van der Waals surface area contributed by atoms with E-state index in [4.69, 9.17) is 14.5 Å². The summed E-state index contributed by atoms with van der Waals surface area (Å²) in [4.78, 5) is 31.5. The van der Waals surface area contributed by atoms with Gasteiger partial charge in [0.05, 0.1) is 11.8 Å². The average molecular weight is 525 g/mol. The van der Waals surface area contributed by atoms with Crippen LogP contribution in [0, 0.1) is 11.3 Å². The van der Waals surface area contributed by atoms with Crippen LogP contribution in [0.15, 0.2) is 60.7 Å². The second-order valence-electron chi connectivity index (χ2n) is 11.1. The van der Waals surface area contributed by atoms with Crippen LogP contribution in [-0.4, -0.2) is 35.2 Å². The number of carbonyl (C=O) groups is 2. The van der Waals surface area contributed by atoms with Gasteiger partial charge < -0.3 is 14.8 Å². The summed E-state index contributed by atoms with van der Waals surface area (Å²) in [7, 11) is 0. The van der Waals surface area contributed by atoms with E-state index < -0.39 is 17.7 Å². The van der Waals surface area contributed by atoms with Crippen molar-refractivity contribution in [1.29, 1.82) is 5.26 Å². The molecule has 200 valence electrons. The quantitative estimate of drug-likeness (QED) is 0.442. The van der Waals surface area contributed by atoms with Crippen molar-refractivity contribution in [2.24, 2.45) is 0 Å². The van der Waals surface area contributed by atoms with Crippen molar-refractivity contribution in [1.82, 2.24) is 10.3 Å². The van der Waals surface area contributed by atoms with Gasteiger partial charge in [0.2, 0.25) is 5.88 Å². The number of alkyl carbamates (subject to hydrolysis) is 1. The summed E-state index contributed by atoms with van der Waals surface area (Å²) in [6.07, 6.45) is 2.11. The molecule has 8 nitrogen and oxygen atoms in total. The summed E-state index contributed by atoms with van der Waals surface area (Å²) in [5.74, 6) is 0.0314. The Kier molecular flexibility index (Phi) is 6.77. The number of ether oxygens (including phenoxy) is 2. The van der Waals surface area contributed by atoms with Crippen LogP contribution in [0.4, 0.5) is 10.5 Å². The molecule has 2 amide bonds. The van der Waals surface area contributed by atoms with Gasteiger partial charge in [-0.3, -0.25) is 9.69 Å². The Morgan fingerprint density at radius 2 is 1.82 bits per heavy atom. The second kappa shape index (κ2) is 10.1. The molecular weight excluding hydrogens is 492 g/mol. The zero-order valence-corrected chi connectivity index (χ0v) is 22.7. The molecule has 1 atom stereocenters. The highest BCUT2D eigenvalue weighted by molar-refractivity contribution is 6.00. The lowest BCUT2D eigenvalue weighted by Crippen LogP contribution is -2.47. The van der Waals surface area contributed by atoms with Gasteiger partial charge in [0, 0.05) is 16.7 Å². The molecule has 1 fully saturated rings. The number of nitrogens with one attached hydrogen (secondary N) is 1. The highest BCUT2D eigenvalue weighted by Crippen LogP contribution is 2.46. The zero-order valence-electron chi connectivity index (χ0n) is 22.7. The third kappa shape index (κ3) is 5.17. The molecule has 5 rings (SSSR count). The number of fused-ring (bicyclic) bond motifs is 1. The maximum Gasteiger partial charge on any atom is 0.408 e. The van der Waals surface area contributed by atoms with E-state index in [9.17, 15) is 14.9 Å². The fourth-order valence-electron chi connectivity index (χ4n) is 5.03. The van der Waals surface area contributed by atoms with Crippen LogP contribution < -0.4 is 15.0 Å². The minimum Gasteiger partial charge on any atom is -0.466 e. The fourth-order valence-corrected chi connectivity index (χ4v) is 5.03. The van der Waals surface area contributed by atoms with Crippen LogP contribution in [0.3, 0.4) is 0 Å². The lowest BCUT2D eigenvalue weighted by atomic mass is 9.74. The molecule has 1 N–H and O–H groups in total. The van der Waals surface area contributed by atoms with E-state index in [-0.39, 0.29) is 18.1 Å². The largest absolute Gasteiger partial charge is 0.466 e. The molecule has 39 heavy (non-hydrogen) atoms. The number of aromatic nitrogens is 1. The maximum absolute atomic E-state index is 12.7. The smallest absolute Gasteiger partial charge is 0.408 e. The van der Waals surface area contributed by atoms with E-state index >= 15 is 0 Å². The first-order valence-corrected chi connectivity index (χ1v) is 13.2. The Morgan fingerprint density at radius 3 is 2.41 bits per heavy atom. The summed E-state index contributed by atoms with van der Waals surface area (Å²) in [6, 6.07) is 21.1. The van der Waals surface area contributed by atoms with Gasteiger partial charge in [-0.15, -0.1) is 0 Å². The number of carbonyl (C=O) groups excluding carboxylic acids is 2. The molecule has 1 aliphatic heterocycles. The van der Waals surface area contributed by atoms with E-state index in [1.165, 1.54) is 4.90 Å². The lowest BCUT2D eigenvalue weighted by molar-refractivity contribution is -0.121. The molecule has 2 heterocycles. The van der Waals surface area contributed by atoms with E-state index in [2.05, 4.69) is 11.4 Å². The zero-order chi connectivity index (χ0) is 27.8. The van der Waals surface area contributed by atoms with Crippen molar-refractivity contribution in [3.63, 3.8) is 0 Å². The number of hydrogen-bond donors (Lipinski definition) is 1. The Balaban J connectivity index is 1.54. The summed E-state index contributed by atoms with van der Waals surface area (Å²) >= 11 is 0. The molecule has 0 radical (unpaired) electrons. The Bertz CT molecular complexity index is 1430. The van der Waals surface area contributed by atoms with Crippen molar-refractivity contribution in [2.45, 2.75) is 64.1 Å². The minimum atomic E-state index is -0.662. The van der Waals surface area contributed by atoms with Crippen LogP contribution in [-0.2, 0) is 15.1 Å². The monoisotopic (exact) mass is 524 g/mol. The molecule has 0 bridgehead atoms. The van der Waals surface area contributed by atoms with E-state index in [1.54, 1.807) is 6.92 Å². The Hall–Kier alpha value is -4.38. The average Bonchev–Trinajstić information content (AvgIpc) is 2.89. The lowest BCUT2D eigenvalue weighted by Gasteiger charge is -2.42. The first kappa shape index (κ1) is 26.2. The fraction of sp³-hybridized carbons (Fsp3) is 0.355. The van der Waals surface area contributed by atoms with Gasteiger partial charge in [-0.05, 0) is 64.2 Å². The molecule has 2 aromatic carbocycles. The van der Waals surface area contributed by atoms with Gasteiger partial charge in [-0.25, -0.2) is 9.78 Å². The van der Waals surface area contributed by atoms with E-state index in [0.717, 1.165) is 41.5 Å². The standard InChI is InChI=1S/C31H32N4O4/c1-20(18-32)35-25-17-24(21-9-6-5-7-10-21)27(33-28(25)38-19-26(35)36)22-11-13-23(14-12-22)31(15-8-16-31)39-29(37)34-30(2,3)4/h5-7,9-14,17,20H,8,15-16,19H2,1-4H3,(H,34,37). The van der Waals surface area contributed by atoms with Gasteiger partial charge in [0.25, 0.3) is 5.91 Å². The molecular formula is C31H32N4O4. The highest BCUT2D eigenvalue weighted by Gasteiger charge is 2.43. The number of pyridine rings is 1. The van der Waals surface area contributed by atoms with E-state index in [1.807, 2.05) is 81.4 Å². The molecule has 2 aliphatic rings. The second-order valence-corrected chi connectivity index (χ2v) is 11.1. The number of benzene rings is 2. The summed E-state index contributed by atoms with van der Waals surface area (Å²) in [5.41, 5.74) is 3.68. The van der Waals surface area contributed by atoms with Crippen LogP contribution in [0.1, 0.15) is 52.5 Å². The van der Waals surface area contributed by atoms with Crippen LogP contribution in [0.2, 0.25) is 0 Å². The number of nitriles is 1. The van der Waals surface area contributed by atoms with Crippen molar-refractivity contribution in [3.05, 3.63) is 66.2 Å².